The third kappa shape index (κ3) is 2.60. The third-order valence-electron chi connectivity index (χ3n) is 2.50. The first-order valence-electron chi connectivity index (χ1n) is 5.44. The molecule has 2 rings (SSSR count). The fourth-order valence-corrected chi connectivity index (χ4v) is 1.65. The summed E-state index contributed by atoms with van der Waals surface area (Å²) in [6, 6.07) is 9.92. The number of allylic oxidation sites excluding steroid dienone is 2. The van der Waals surface area contributed by atoms with Crippen molar-refractivity contribution in [2.75, 3.05) is 7.11 Å². The fourth-order valence-electron chi connectivity index (χ4n) is 1.65. The van der Waals surface area contributed by atoms with Gasteiger partial charge in [0.1, 0.15) is 0 Å². The maximum atomic E-state index is 10.7. The number of carboxylic acids is 1. The Labute approximate surface area is 104 Å². The maximum absolute atomic E-state index is 10.7. The van der Waals surface area contributed by atoms with E-state index in [0.29, 0.717) is 0 Å². The molecule has 1 aromatic heterocycles. The van der Waals surface area contributed by atoms with Crippen LogP contribution in [0.3, 0.4) is 0 Å². The number of hydrogen-bond acceptors (Lipinski definition) is 2. The van der Waals surface area contributed by atoms with Crippen LogP contribution in [0.2, 0.25) is 0 Å². The van der Waals surface area contributed by atoms with Crippen molar-refractivity contribution in [2.45, 2.75) is 0 Å². The molecule has 0 bridgehead atoms. The van der Waals surface area contributed by atoms with Gasteiger partial charge in [0.15, 0.2) is 0 Å². The summed E-state index contributed by atoms with van der Waals surface area (Å²) in [6.07, 6.45) is 4.84. The molecule has 2 aromatic rings. The van der Waals surface area contributed by atoms with Gasteiger partial charge in [-0.05, 0) is 29.7 Å². The van der Waals surface area contributed by atoms with E-state index < -0.39 is 5.97 Å². The molecule has 1 heterocycles. The summed E-state index contributed by atoms with van der Waals surface area (Å²) < 4.78 is 4.71. The van der Waals surface area contributed by atoms with Crippen LogP contribution in [0.4, 0.5) is 0 Å². The molecule has 0 radical (unpaired) electrons. The Hall–Kier alpha value is -2.49. The summed E-state index contributed by atoms with van der Waals surface area (Å²) in [5, 5.41) is 9.87. The number of aliphatic carboxylic acids is 1. The molecule has 4 heteroatoms. The number of hydrogen-bond donors (Lipinski definition) is 2. The van der Waals surface area contributed by atoms with Gasteiger partial charge in [0.05, 0.1) is 7.11 Å². The van der Waals surface area contributed by atoms with Crippen LogP contribution < -0.4 is 0 Å². The van der Waals surface area contributed by atoms with Crippen molar-refractivity contribution >= 4 is 22.9 Å². The Morgan fingerprint density at radius 2 is 2.17 bits per heavy atom. The molecule has 0 fully saturated rings. The monoisotopic (exact) mass is 243 g/mol. The van der Waals surface area contributed by atoms with Gasteiger partial charge in [-0.25, -0.2) is 4.79 Å². The summed E-state index contributed by atoms with van der Waals surface area (Å²) in [7, 11) is 1.33. The van der Waals surface area contributed by atoms with Crippen LogP contribution in [0.5, 0.6) is 0 Å². The minimum Gasteiger partial charge on any atom is -0.490 e. The zero-order valence-corrected chi connectivity index (χ0v) is 9.88. The highest BCUT2D eigenvalue weighted by atomic mass is 16.5. The molecule has 1 aromatic carbocycles. The minimum absolute atomic E-state index is 0.0950. The molecule has 0 saturated carbocycles. The molecule has 0 aliphatic rings. The Kier molecular flexibility index (Phi) is 3.48. The van der Waals surface area contributed by atoms with Crippen molar-refractivity contribution in [3.63, 3.8) is 0 Å². The number of ether oxygens (including phenoxy) is 1. The standard InChI is InChI=1S/C14H13NO3/c1-18-13(14(16)17)8-4-6-11-9-10-5-2-3-7-12(10)15-11/h2-9,15H,1H3,(H,16,17)/b6-4+,13-8-. The normalized spacial score (nSPS) is 12.2. The van der Waals surface area contributed by atoms with Gasteiger partial charge in [-0.1, -0.05) is 24.3 Å². The Morgan fingerprint density at radius 3 is 2.83 bits per heavy atom. The van der Waals surface area contributed by atoms with Crippen LogP contribution in [0.25, 0.3) is 17.0 Å². The summed E-state index contributed by atoms with van der Waals surface area (Å²) in [5.74, 6) is -1.18. The Bertz CT molecular complexity index is 590. The number of benzene rings is 1. The quantitative estimate of drug-likeness (QED) is 0.493. The number of carbonyl (C=O) groups is 1. The molecular formula is C14H13NO3. The van der Waals surface area contributed by atoms with Crippen LogP contribution in [-0.2, 0) is 9.53 Å². The number of carboxylic acid groups (broad SMARTS) is 1. The van der Waals surface area contributed by atoms with E-state index in [1.807, 2.05) is 30.3 Å². The number of nitrogens with one attached hydrogen (secondary N) is 1. The van der Waals surface area contributed by atoms with E-state index in [1.165, 1.54) is 13.2 Å². The van der Waals surface area contributed by atoms with Gasteiger partial charge in [-0.2, -0.15) is 0 Å². The highest BCUT2D eigenvalue weighted by molar-refractivity contribution is 5.85. The lowest BCUT2D eigenvalue weighted by Crippen LogP contribution is -2.01. The van der Waals surface area contributed by atoms with E-state index in [9.17, 15) is 4.79 Å². The number of aromatic amines is 1. The van der Waals surface area contributed by atoms with Crippen molar-refractivity contribution in [3.8, 4) is 0 Å². The third-order valence-corrected chi connectivity index (χ3v) is 2.50. The lowest BCUT2D eigenvalue weighted by atomic mass is 10.2. The number of fused-ring (bicyclic) bond motifs is 1. The van der Waals surface area contributed by atoms with Gasteiger partial charge >= 0.3 is 5.97 Å². The highest BCUT2D eigenvalue weighted by Gasteiger charge is 2.03. The molecule has 18 heavy (non-hydrogen) atoms. The summed E-state index contributed by atoms with van der Waals surface area (Å²) in [4.78, 5) is 13.9. The predicted octanol–water partition coefficient (Wildman–Crippen LogP) is 2.80. The van der Waals surface area contributed by atoms with Gasteiger partial charge in [0.25, 0.3) is 0 Å². The van der Waals surface area contributed by atoms with Crippen LogP contribution in [-0.4, -0.2) is 23.2 Å². The van der Waals surface area contributed by atoms with Crippen LogP contribution in [0.1, 0.15) is 5.69 Å². The van der Waals surface area contributed by atoms with E-state index in [4.69, 9.17) is 9.84 Å². The van der Waals surface area contributed by atoms with E-state index in [1.54, 1.807) is 12.2 Å². The minimum atomic E-state index is -1.08. The number of aromatic nitrogens is 1. The second kappa shape index (κ2) is 5.23. The average Bonchev–Trinajstić information content (AvgIpc) is 2.76. The first kappa shape index (κ1) is 12.0. The van der Waals surface area contributed by atoms with Crippen LogP contribution in [0, 0.1) is 0 Å². The van der Waals surface area contributed by atoms with Gasteiger partial charge < -0.3 is 14.8 Å². The van der Waals surface area contributed by atoms with Crippen molar-refractivity contribution < 1.29 is 14.6 Å². The van der Waals surface area contributed by atoms with Crippen molar-refractivity contribution in [1.29, 1.82) is 0 Å². The smallest absolute Gasteiger partial charge is 0.371 e. The lowest BCUT2D eigenvalue weighted by molar-refractivity contribution is -0.136. The second-order valence-corrected chi connectivity index (χ2v) is 3.71. The first-order chi connectivity index (χ1) is 8.70. The average molecular weight is 243 g/mol. The molecule has 0 aliphatic carbocycles. The van der Waals surface area contributed by atoms with E-state index >= 15 is 0 Å². The molecule has 0 unspecified atom stereocenters. The Morgan fingerprint density at radius 1 is 1.39 bits per heavy atom. The number of para-hydroxylation sites is 1. The summed E-state index contributed by atoms with van der Waals surface area (Å²) in [5.41, 5.74) is 1.96. The SMILES string of the molecule is CO/C(=C\C=C\c1cc2ccccc2[nH]1)C(=O)O. The fraction of sp³-hybridized carbons (Fsp3) is 0.0714. The van der Waals surface area contributed by atoms with Crippen molar-refractivity contribution in [1.82, 2.24) is 4.98 Å². The van der Waals surface area contributed by atoms with Gasteiger partial charge in [0, 0.05) is 11.2 Å². The first-order valence-corrected chi connectivity index (χ1v) is 5.44. The van der Waals surface area contributed by atoms with Crippen LogP contribution in [0.15, 0.2) is 48.2 Å². The molecule has 0 amide bonds. The van der Waals surface area contributed by atoms with Gasteiger partial charge in [-0.15, -0.1) is 0 Å². The topological polar surface area (TPSA) is 62.3 Å². The predicted molar refractivity (Wildman–Crippen MR) is 70.1 cm³/mol. The van der Waals surface area contributed by atoms with Gasteiger partial charge in [0.2, 0.25) is 5.76 Å². The van der Waals surface area contributed by atoms with E-state index in [0.717, 1.165) is 16.6 Å². The molecule has 92 valence electrons. The van der Waals surface area contributed by atoms with E-state index in [-0.39, 0.29) is 5.76 Å². The zero-order valence-electron chi connectivity index (χ0n) is 9.88. The highest BCUT2D eigenvalue weighted by Crippen LogP contribution is 2.15. The zero-order chi connectivity index (χ0) is 13.0. The Balaban J connectivity index is 2.20. The maximum Gasteiger partial charge on any atom is 0.371 e. The molecule has 0 saturated heterocycles. The number of rotatable bonds is 4. The molecular weight excluding hydrogens is 230 g/mol. The number of methoxy groups -OCH3 is 1. The van der Waals surface area contributed by atoms with Gasteiger partial charge in [-0.3, -0.25) is 0 Å². The molecule has 0 atom stereocenters. The summed E-state index contributed by atoms with van der Waals surface area (Å²) in [6.45, 7) is 0. The second-order valence-electron chi connectivity index (χ2n) is 3.71. The molecule has 0 spiro atoms. The van der Waals surface area contributed by atoms with Crippen molar-refractivity contribution in [3.05, 3.63) is 53.9 Å². The van der Waals surface area contributed by atoms with Crippen LogP contribution >= 0.6 is 0 Å². The molecule has 0 aliphatic heterocycles. The molecule has 4 nitrogen and oxygen atoms in total. The van der Waals surface area contributed by atoms with E-state index in [2.05, 4.69) is 4.98 Å². The summed E-state index contributed by atoms with van der Waals surface area (Å²) >= 11 is 0. The molecule has 2 N–H and O–H groups in total. The number of H-pyrrole nitrogens is 1. The largest absolute Gasteiger partial charge is 0.490 e. The lowest BCUT2D eigenvalue weighted by Gasteiger charge is -1.96. The van der Waals surface area contributed by atoms with Crippen molar-refractivity contribution in [2.24, 2.45) is 0 Å².